The van der Waals surface area contributed by atoms with Gasteiger partial charge in [0.2, 0.25) is 0 Å². The number of nitrogens with one attached hydrogen (secondary N) is 1. The lowest BCUT2D eigenvalue weighted by Crippen LogP contribution is -2.46. The molecule has 0 amide bonds. The van der Waals surface area contributed by atoms with Crippen molar-refractivity contribution in [3.8, 4) is 0 Å². The van der Waals surface area contributed by atoms with E-state index >= 15 is 0 Å². The predicted molar refractivity (Wildman–Crippen MR) is 102 cm³/mol. The van der Waals surface area contributed by atoms with Crippen LogP contribution in [-0.4, -0.2) is 49.6 Å². The molecule has 27 heavy (non-hydrogen) atoms. The number of benzene rings is 1. The number of hydrogen-bond donors (Lipinski definition) is 1. The van der Waals surface area contributed by atoms with Gasteiger partial charge in [0.1, 0.15) is 11.6 Å². The van der Waals surface area contributed by atoms with Crippen LogP contribution in [0.3, 0.4) is 0 Å². The van der Waals surface area contributed by atoms with E-state index in [0.717, 1.165) is 31.4 Å². The number of nitrogens with zero attached hydrogens (tertiary/aromatic N) is 2. The lowest BCUT2D eigenvalue weighted by molar-refractivity contribution is -0.149. The highest BCUT2D eigenvalue weighted by atomic mass is 19.1. The maximum Gasteiger partial charge on any atom is 0.309 e. The lowest BCUT2D eigenvalue weighted by atomic mass is 9.97. The molecule has 7 heteroatoms. The fourth-order valence-electron chi connectivity index (χ4n) is 3.24. The molecule has 2 rings (SSSR count). The topological polar surface area (TPSA) is 53.9 Å². The van der Waals surface area contributed by atoms with Gasteiger partial charge in [0.15, 0.2) is 5.96 Å². The van der Waals surface area contributed by atoms with Crippen molar-refractivity contribution in [3.63, 3.8) is 0 Å². The Hall–Kier alpha value is -2.18. The molecule has 1 aliphatic rings. The van der Waals surface area contributed by atoms with E-state index in [4.69, 9.17) is 4.74 Å². The van der Waals surface area contributed by atoms with Crippen molar-refractivity contribution in [1.29, 1.82) is 0 Å². The van der Waals surface area contributed by atoms with Crippen LogP contribution in [0.25, 0.3) is 0 Å². The summed E-state index contributed by atoms with van der Waals surface area (Å²) in [6.07, 6.45) is 1.46. The molecule has 150 valence electrons. The molecule has 1 saturated heterocycles. The van der Waals surface area contributed by atoms with Crippen molar-refractivity contribution in [1.82, 2.24) is 10.2 Å². The van der Waals surface area contributed by atoms with Crippen LogP contribution >= 0.6 is 0 Å². The molecule has 1 fully saturated rings. The van der Waals surface area contributed by atoms with Gasteiger partial charge < -0.3 is 15.0 Å². The Labute approximate surface area is 159 Å². The number of ether oxygens (including phenoxy) is 1. The van der Waals surface area contributed by atoms with Gasteiger partial charge in [-0.15, -0.1) is 0 Å². The highest BCUT2D eigenvalue weighted by Gasteiger charge is 2.27. The standard InChI is InChI=1S/C20H29F2N3O2/c1-4-23-20(25-10-8-15(9-11-25)19(26)27-5-2)24-13-14(3)17-7-6-16(21)12-18(17)22/h6-7,12,14-15H,4-5,8-11,13H2,1-3H3,(H,23,24). The lowest BCUT2D eigenvalue weighted by Gasteiger charge is -2.33. The zero-order valence-electron chi connectivity index (χ0n) is 16.3. The first-order valence-electron chi connectivity index (χ1n) is 9.61. The Bertz CT molecular complexity index is 659. The highest BCUT2D eigenvalue weighted by Crippen LogP contribution is 2.21. The molecule has 0 aliphatic carbocycles. The summed E-state index contributed by atoms with van der Waals surface area (Å²) in [5, 5.41) is 3.26. The normalized spacial score (nSPS) is 16.9. The van der Waals surface area contributed by atoms with E-state index in [1.54, 1.807) is 0 Å². The molecule has 0 spiro atoms. The number of esters is 1. The van der Waals surface area contributed by atoms with E-state index in [1.807, 2.05) is 20.8 Å². The average molecular weight is 381 g/mol. The van der Waals surface area contributed by atoms with Crippen LogP contribution < -0.4 is 5.32 Å². The van der Waals surface area contributed by atoms with Gasteiger partial charge in [0.05, 0.1) is 12.5 Å². The minimum atomic E-state index is -0.579. The van der Waals surface area contributed by atoms with E-state index in [2.05, 4.69) is 15.2 Å². The first kappa shape index (κ1) is 21.1. The summed E-state index contributed by atoms with van der Waals surface area (Å²) in [7, 11) is 0. The number of rotatable bonds is 6. The fraction of sp³-hybridized carbons (Fsp3) is 0.600. The van der Waals surface area contributed by atoms with Crippen LogP contribution in [0.1, 0.15) is 45.1 Å². The molecule has 0 bridgehead atoms. The van der Waals surface area contributed by atoms with Crippen LogP contribution in [0.2, 0.25) is 0 Å². The van der Waals surface area contributed by atoms with Gasteiger partial charge in [0, 0.05) is 38.2 Å². The van der Waals surface area contributed by atoms with E-state index in [9.17, 15) is 13.6 Å². The first-order valence-corrected chi connectivity index (χ1v) is 9.61. The third-order valence-corrected chi connectivity index (χ3v) is 4.76. The van der Waals surface area contributed by atoms with Crippen LogP contribution in [0, 0.1) is 17.6 Å². The van der Waals surface area contributed by atoms with Crippen LogP contribution in [0.4, 0.5) is 8.78 Å². The van der Waals surface area contributed by atoms with Crippen molar-refractivity contribution in [3.05, 3.63) is 35.4 Å². The SMILES string of the molecule is CCNC(=NCC(C)c1ccc(F)cc1F)N1CCC(C(=O)OCC)CC1. The van der Waals surface area contributed by atoms with E-state index < -0.39 is 11.6 Å². The molecule has 1 N–H and O–H groups in total. The second-order valence-corrected chi connectivity index (χ2v) is 6.77. The molecule has 1 atom stereocenters. The minimum Gasteiger partial charge on any atom is -0.466 e. The molecule has 1 unspecified atom stereocenters. The summed E-state index contributed by atoms with van der Waals surface area (Å²) in [5.74, 6) is -0.718. The van der Waals surface area contributed by atoms with Gasteiger partial charge in [-0.25, -0.2) is 8.78 Å². The molecule has 0 saturated carbocycles. The third kappa shape index (κ3) is 5.91. The Balaban J connectivity index is 1.99. The smallest absolute Gasteiger partial charge is 0.309 e. The number of carbonyl (C=O) groups is 1. The molecule has 0 radical (unpaired) electrons. The van der Waals surface area contributed by atoms with Gasteiger partial charge in [-0.2, -0.15) is 0 Å². The van der Waals surface area contributed by atoms with Crippen molar-refractivity contribution in [2.45, 2.75) is 39.5 Å². The van der Waals surface area contributed by atoms with Crippen LogP contribution in [-0.2, 0) is 9.53 Å². The third-order valence-electron chi connectivity index (χ3n) is 4.76. The maximum atomic E-state index is 14.0. The Morgan fingerprint density at radius 3 is 2.63 bits per heavy atom. The molecule has 1 aromatic rings. The van der Waals surface area contributed by atoms with Gasteiger partial charge in [-0.05, 0) is 38.3 Å². The Morgan fingerprint density at radius 1 is 1.33 bits per heavy atom. The first-order chi connectivity index (χ1) is 13.0. The average Bonchev–Trinajstić information content (AvgIpc) is 2.65. The molecule has 1 aromatic carbocycles. The van der Waals surface area contributed by atoms with E-state index in [-0.39, 0.29) is 17.8 Å². The second-order valence-electron chi connectivity index (χ2n) is 6.77. The van der Waals surface area contributed by atoms with Crippen molar-refractivity contribution in [2.75, 3.05) is 32.8 Å². The zero-order chi connectivity index (χ0) is 19.8. The predicted octanol–water partition coefficient (Wildman–Crippen LogP) is 3.31. The van der Waals surface area contributed by atoms with Gasteiger partial charge in [-0.1, -0.05) is 13.0 Å². The van der Waals surface area contributed by atoms with Gasteiger partial charge in [-0.3, -0.25) is 9.79 Å². The number of hydrogen-bond acceptors (Lipinski definition) is 3. The highest BCUT2D eigenvalue weighted by molar-refractivity contribution is 5.80. The maximum absolute atomic E-state index is 14.0. The van der Waals surface area contributed by atoms with Crippen LogP contribution in [0.15, 0.2) is 23.2 Å². The Kier molecular flexibility index (Phi) is 8.00. The van der Waals surface area contributed by atoms with E-state index in [0.29, 0.717) is 31.8 Å². The van der Waals surface area contributed by atoms with Crippen LogP contribution in [0.5, 0.6) is 0 Å². The fourth-order valence-corrected chi connectivity index (χ4v) is 3.24. The van der Waals surface area contributed by atoms with Crippen molar-refractivity contribution < 1.29 is 18.3 Å². The summed E-state index contributed by atoms with van der Waals surface area (Å²) < 4.78 is 32.1. The minimum absolute atomic E-state index is 0.0590. The quantitative estimate of drug-likeness (QED) is 0.467. The number of likely N-dealkylation sites (tertiary alicyclic amines) is 1. The largest absolute Gasteiger partial charge is 0.466 e. The molecular formula is C20H29F2N3O2. The molecule has 5 nitrogen and oxygen atoms in total. The van der Waals surface area contributed by atoms with Gasteiger partial charge in [0.25, 0.3) is 0 Å². The molecule has 0 aromatic heterocycles. The molecule has 1 aliphatic heterocycles. The zero-order valence-corrected chi connectivity index (χ0v) is 16.3. The summed E-state index contributed by atoms with van der Waals surface area (Å²) in [5.41, 5.74) is 0.456. The number of halogens is 2. The number of piperidine rings is 1. The summed E-state index contributed by atoms with van der Waals surface area (Å²) in [6.45, 7) is 8.62. The summed E-state index contributed by atoms with van der Waals surface area (Å²) >= 11 is 0. The Morgan fingerprint density at radius 2 is 2.04 bits per heavy atom. The van der Waals surface area contributed by atoms with Crippen molar-refractivity contribution >= 4 is 11.9 Å². The molecule has 1 heterocycles. The van der Waals surface area contributed by atoms with Gasteiger partial charge >= 0.3 is 5.97 Å². The summed E-state index contributed by atoms with van der Waals surface area (Å²) in [6, 6.07) is 3.65. The number of guanidine groups is 1. The summed E-state index contributed by atoms with van der Waals surface area (Å²) in [4.78, 5) is 18.6. The second kappa shape index (κ2) is 10.2. The molecular weight excluding hydrogens is 352 g/mol. The number of aliphatic imine (C=N–C) groups is 1. The number of carbonyl (C=O) groups excluding carboxylic acids is 1. The monoisotopic (exact) mass is 381 g/mol. The van der Waals surface area contributed by atoms with Crippen molar-refractivity contribution in [2.24, 2.45) is 10.9 Å². The van der Waals surface area contributed by atoms with E-state index in [1.165, 1.54) is 12.1 Å².